The summed E-state index contributed by atoms with van der Waals surface area (Å²) >= 11 is 9.11. The van der Waals surface area contributed by atoms with Gasteiger partial charge in [0.1, 0.15) is 0 Å². The smallest absolute Gasteiger partial charge is 0.165 e. The maximum Gasteiger partial charge on any atom is 0.165 e. The van der Waals surface area contributed by atoms with E-state index in [2.05, 4.69) is 21.2 Å². The van der Waals surface area contributed by atoms with E-state index in [-0.39, 0.29) is 5.02 Å². The predicted molar refractivity (Wildman–Crippen MR) is 78.0 cm³/mol. The van der Waals surface area contributed by atoms with Crippen LogP contribution in [0, 0.1) is 12.7 Å². The zero-order chi connectivity index (χ0) is 13.3. The molecule has 0 saturated carbocycles. The van der Waals surface area contributed by atoms with Crippen molar-refractivity contribution in [1.82, 2.24) is 0 Å². The molecular weight excluding hydrogens is 319 g/mol. The fraction of sp³-hybridized carbons (Fsp3) is 0.0769. The maximum absolute atomic E-state index is 13.8. The zero-order valence-electron chi connectivity index (χ0n) is 9.60. The number of benzene rings is 2. The van der Waals surface area contributed by atoms with Crippen LogP contribution in [0.25, 0.3) is 0 Å². The molecule has 5 heteroatoms. The fourth-order valence-corrected chi connectivity index (χ4v) is 2.17. The second-order valence-corrected chi connectivity index (χ2v) is 5.18. The highest BCUT2D eigenvalue weighted by molar-refractivity contribution is 9.10. The van der Waals surface area contributed by atoms with Gasteiger partial charge in [-0.2, -0.15) is 0 Å². The molecule has 94 valence electrons. The van der Waals surface area contributed by atoms with Crippen LogP contribution >= 0.6 is 27.5 Å². The lowest BCUT2D eigenvalue weighted by molar-refractivity contribution is 0.632. The molecule has 0 atom stereocenters. The lowest BCUT2D eigenvalue weighted by Crippen LogP contribution is -1.97. The average molecular weight is 330 g/mol. The number of nitrogens with two attached hydrogens (primary N) is 1. The molecule has 0 heterocycles. The van der Waals surface area contributed by atoms with Gasteiger partial charge in [-0.05, 0) is 52.7 Å². The maximum atomic E-state index is 13.8. The first-order chi connectivity index (χ1) is 8.49. The monoisotopic (exact) mass is 328 g/mol. The van der Waals surface area contributed by atoms with Gasteiger partial charge in [0.25, 0.3) is 0 Å². The standard InChI is InChI=1S/C13H11BrClFN2/c1-7-5-12(8(14)6-10(7)17)18-11-4-2-3-9(15)13(11)16/h2-6,18H,17H2,1H3. The van der Waals surface area contributed by atoms with Gasteiger partial charge in [-0.1, -0.05) is 17.7 Å². The molecule has 0 amide bonds. The summed E-state index contributed by atoms with van der Waals surface area (Å²) in [6.45, 7) is 1.89. The van der Waals surface area contributed by atoms with Gasteiger partial charge in [-0.3, -0.25) is 0 Å². The van der Waals surface area contributed by atoms with Crippen molar-refractivity contribution in [2.24, 2.45) is 0 Å². The van der Waals surface area contributed by atoms with Crippen LogP contribution in [-0.4, -0.2) is 0 Å². The van der Waals surface area contributed by atoms with E-state index >= 15 is 0 Å². The number of rotatable bonds is 2. The summed E-state index contributed by atoms with van der Waals surface area (Å²) in [5.41, 5.74) is 8.45. The minimum atomic E-state index is -0.472. The van der Waals surface area contributed by atoms with E-state index in [1.54, 1.807) is 18.2 Å². The van der Waals surface area contributed by atoms with Crippen molar-refractivity contribution in [2.75, 3.05) is 11.1 Å². The first-order valence-electron chi connectivity index (χ1n) is 5.25. The Labute approximate surface area is 118 Å². The van der Waals surface area contributed by atoms with Gasteiger partial charge >= 0.3 is 0 Å². The van der Waals surface area contributed by atoms with Gasteiger partial charge in [0.2, 0.25) is 0 Å². The molecular formula is C13H11BrClFN2. The quantitative estimate of drug-likeness (QED) is 0.771. The number of nitrogens with one attached hydrogen (secondary N) is 1. The summed E-state index contributed by atoms with van der Waals surface area (Å²) in [7, 11) is 0. The van der Waals surface area contributed by atoms with E-state index in [0.717, 1.165) is 15.7 Å². The highest BCUT2D eigenvalue weighted by atomic mass is 79.9. The zero-order valence-corrected chi connectivity index (χ0v) is 11.9. The average Bonchev–Trinajstić information content (AvgIpc) is 2.32. The Morgan fingerprint density at radius 1 is 1.28 bits per heavy atom. The Balaban J connectivity index is 2.40. The van der Waals surface area contributed by atoms with Crippen LogP contribution in [-0.2, 0) is 0 Å². The topological polar surface area (TPSA) is 38.0 Å². The first kappa shape index (κ1) is 13.2. The molecule has 0 aliphatic rings. The van der Waals surface area contributed by atoms with E-state index in [9.17, 15) is 4.39 Å². The SMILES string of the molecule is Cc1cc(Nc2cccc(Cl)c2F)c(Br)cc1N. The van der Waals surface area contributed by atoms with E-state index in [1.165, 1.54) is 6.07 Å². The molecule has 2 aromatic rings. The second-order valence-electron chi connectivity index (χ2n) is 3.92. The molecule has 0 aliphatic heterocycles. The van der Waals surface area contributed by atoms with E-state index in [0.29, 0.717) is 11.4 Å². The number of hydrogen-bond acceptors (Lipinski definition) is 2. The van der Waals surface area contributed by atoms with Crippen molar-refractivity contribution in [2.45, 2.75) is 6.92 Å². The normalized spacial score (nSPS) is 10.4. The van der Waals surface area contributed by atoms with Crippen molar-refractivity contribution in [3.05, 3.63) is 51.2 Å². The molecule has 0 radical (unpaired) electrons. The number of anilines is 3. The number of halogens is 3. The van der Waals surface area contributed by atoms with Crippen LogP contribution in [0.2, 0.25) is 5.02 Å². The van der Waals surface area contributed by atoms with Crippen molar-refractivity contribution in [3.63, 3.8) is 0 Å². The highest BCUT2D eigenvalue weighted by Crippen LogP contribution is 2.32. The summed E-state index contributed by atoms with van der Waals surface area (Å²) in [6.07, 6.45) is 0. The molecule has 3 N–H and O–H groups in total. The van der Waals surface area contributed by atoms with E-state index in [4.69, 9.17) is 17.3 Å². The van der Waals surface area contributed by atoms with Gasteiger partial charge in [-0.25, -0.2) is 4.39 Å². The molecule has 18 heavy (non-hydrogen) atoms. The summed E-state index contributed by atoms with van der Waals surface area (Å²) in [6, 6.07) is 8.44. The summed E-state index contributed by atoms with van der Waals surface area (Å²) in [5.74, 6) is -0.472. The second kappa shape index (κ2) is 5.16. The lowest BCUT2D eigenvalue weighted by Gasteiger charge is -2.12. The van der Waals surface area contributed by atoms with Crippen molar-refractivity contribution < 1.29 is 4.39 Å². The lowest BCUT2D eigenvalue weighted by atomic mass is 10.2. The summed E-state index contributed by atoms with van der Waals surface area (Å²) < 4.78 is 14.5. The van der Waals surface area contributed by atoms with Gasteiger partial charge in [0.15, 0.2) is 5.82 Å². The Hall–Kier alpha value is -1.26. The fourth-order valence-electron chi connectivity index (χ4n) is 1.54. The highest BCUT2D eigenvalue weighted by Gasteiger charge is 2.09. The van der Waals surface area contributed by atoms with Crippen LogP contribution in [0.4, 0.5) is 21.5 Å². The molecule has 0 saturated heterocycles. The third-order valence-corrected chi connectivity index (χ3v) is 3.52. The first-order valence-corrected chi connectivity index (χ1v) is 6.43. The minimum Gasteiger partial charge on any atom is -0.398 e. The molecule has 2 nitrogen and oxygen atoms in total. The molecule has 0 spiro atoms. The molecule has 0 aromatic heterocycles. The third-order valence-electron chi connectivity index (χ3n) is 2.58. The Kier molecular flexibility index (Phi) is 3.78. The Bertz CT molecular complexity index is 602. The largest absolute Gasteiger partial charge is 0.398 e. The molecule has 2 aromatic carbocycles. The molecule has 0 unspecified atom stereocenters. The van der Waals surface area contributed by atoms with Crippen LogP contribution < -0.4 is 11.1 Å². The minimum absolute atomic E-state index is 0.0864. The van der Waals surface area contributed by atoms with Gasteiger partial charge in [0.05, 0.1) is 16.4 Å². The Morgan fingerprint density at radius 2 is 2.00 bits per heavy atom. The number of aryl methyl sites for hydroxylation is 1. The predicted octanol–water partition coefficient (Wildman–Crippen LogP) is 4.88. The van der Waals surface area contributed by atoms with Crippen LogP contribution in [0.5, 0.6) is 0 Å². The molecule has 0 aliphatic carbocycles. The molecule has 0 fully saturated rings. The van der Waals surface area contributed by atoms with Crippen LogP contribution in [0.1, 0.15) is 5.56 Å². The van der Waals surface area contributed by atoms with Crippen molar-refractivity contribution in [3.8, 4) is 0 Å². The van der Waals surface area contributed by atoms with Crippen LogP contribution in [0.15, 0.2) is 34.8 Å². The third kappa shape index (κ3) is 2.60. The van der Waals surface area contributed by atoms with Gasteiger partial charge in [0, 0.05) is 10.2 Å². The van der Waals surface area contributed by atoms with Crippen molar-refractivity contribution in [1.29, 1.82) is 0 Å². The van der Waals surface area contributed by atoms with Gasteiger partial charge < -0.3 is 11.1 Å². The molecule has 0 bridgehead atoms. The summed E-state index contributed by atoms with van der Waals surface area (Å²) in [5, 5.41) is 3.07. The van der Waals surface area contributed by atoms with Crippen LogP contribution in [0.3, 0.4) is 0 Å². The van der Waals surface area contributed by atoms with E-state index in [1.807, 2.05) is 13.0 Å². The number of nitrogen functional groups attached to an aromatic ring is 1. The Morgan fingerprint density at radius 3 is 2.72 bits per heavy atom. The summed E-state index contributed by atoms with van der Waals surface area (Å²) in [4.78, 5) is 0. The van der Waals surface area contributed by atoms with Gasteiger partial charge in [-0.15, -0.1) is 0 Å². The molecule has 2 rings (SSSR count). The van der Waals surface area contributed by atoms with E-state index < -0.39 is 5.82 Å². The van der Waals surface area contributed by atoms with Crippen molar-refractivity contribution >= 4 is 44.6 Å². The number of hydrogen-bond donors (Lipinski definition) is 2.